The van der Waals surface area contributed by atoms with Crippen molar-refractivity contribution in [3.8, 4) is 5.75 Å². The summed E-state index contributed by atoms with van der Waals surface area (Å²) in [5.74, 6) is 1.55. The van der Waals surface area contributed by atoms with E-state index in [1.165, 1.54) is 12.1 Å². The first-order valence-electron chi connectivity index (χ1n) is 6.52. The number of hydrogen-bond donors (Lipinski definition) is 1. The van der Waals surface area contributed by atoms with Crippen molar-refractivity contribution in [1.82, 2.24) is 15.5 Å². The van der Waals surface area contributed by atoms with Gasteiger partial charge >= 0.3 is 0 Å². The molecule has 0 amide bonds. The molecule has 2 aromatic rings. The molecule has 1 heterocycles. The minimum absolute atomic E-state index is 0.0933. The molecule has 0 saturated carbocycles. The third kappa shape index (κ3) is 3.33. The molecule has 1 N–H and O–H groups in total. The number of nitrogens with one attached hydrogen (secondary N) is 1. The van der Waals surface area contributed by atoms with Crippen LogP contribution in [0.15, 0.2) is 22.7 Å². The quantitative estimate of drug-likeness (QED) is 0.880. The highest BCUT2D eigenvalue weighted by atomic mass is 19.1. The third-order valence-electron chi connectivity index (χ3n) is 3.04. The van der Waals surface area contributed by atoms with Crippen LogP contribution in [0.1, 0.15) is 37.2 Å². The van der Waals surface area contributed by atoms with Crippen molar-refractivity contribution < 1.29 is 13.7 Å². The lowest BCUT2D eigenvalue weighted by Gasteiger charge is -2.16. The van der Waals surface area contributed by atoms with E-state index in [2.05, 4.69) is 15.5 Å². The van der Waals surface area contributed by atoms with Gasteiger partial charge in [0.15, 0.2) is 5.82 Å². The van der Waals surface area contributed by atoms with Crippen LogP contribution >= 0.6 is 0 Å². The smallest absolute Gasteiger partial charge is 0.226 e. The van der Waals surface area contributed by atoms with Gasteiger partial charge in [0.1, 0.15) is 11.6 Å². The van der Waals surface area contributed by atoms with E-state index in [-0.39, 0.29) is 11.9 Å². The largest absolute Gasteiger partial charge is 0.496 e. The van der Waals surface area contributed by atoms with Crippen molar-refractivity contribution in [2.24, 2.45) is 0 Å². The second-order valence-corrected chi connectivity index (χ2v) is 4.45. The van der Waals surface area contributed by atoms with E-state index in [1.807, 2.05) is 13.8 Å². The van der Waals surface area contributed by atoms with E-state index in [0.29, 0.717) is 30.4 Å². The maximum Gasteiger partial charge on any atom is 0.226 e. The summed E-state index contributed by atoms with van der Waals surface area (Å²) in [6.45, 7) is 4.33. The summed E-state index contributed by atoms with van der Waals surface area (Å²) in [7, 11) is 1.57. The number of methoxy groups -OCH3 is 1. The van der Waals surface area contributed by atoms with Crippen LogP contribution in [0.25, 0.3) is 0 Å². The lowest BCUT2D eigenvalue weighted by molar-refractivity contribution is 0.372. The zero-order valence-corrected chi connectivity index (χ0v) is 11.8. The van der Waals surface area contributed by atoms with Crippen LogP contribution in [-0.2, 0) is 13.0 Å². The molecule has 0 radical (unpaired) electrons. The topological polar surface area (TPSA) is 60.2 Å². The number of aryl methyl sites for hydroxylation is 1. The monoisotopic (exact) mass is 279 g/mol. The molecule has 6 heteroatoms. The van der Waals surface area contributed by atoms with Crippen LogP contribution in [0.3, 0.4) is 0 Å². The number of aromatic nitrogens is 2. The van der Waals surface area contributed by atoms with Crippen molar-refractivity contribution in [2.75, 3.05) is 7.11 Å². The minimum atomic E-state index is -0.290. The van der Waals surface area contributed by atoms with E-state index >= 15 is 0 Å². The van der Waals surface area contributed by atoms with E-state index in [0.717, 1.165) is 5.56 Å². The van der Waals surface area contributed by atoms with Crippen molar-refractivity contribution in [3.05, 3.63) is 41.3 Å². The Kier molecular flexibility index (Phi) is 4.68. The van der Waals surface area contributed by atoms with Crippen molar-refractivity contribution in [1.29, 1.82) is 0 Å². The number of ether oxygens (including phenoxy) is 1. The van der Waals surface area contributed by atoms with Gasteiger partial charge in [0.25, 0.3) is 0 Å². The average Bonchev–Trinajstić information content (AvgIpc) is 2.92. The van der Waals surface area contributed by atoms with Gasteiger partial charge in [0.2, 0.25) is 5.89 Å². The van der Waals surface area contributed by atoms with E-state index in [4.69, 9.17) is 9.26 Å². The molecule has 108 valence electrons. The Morgan fingerprint density at radius 2 is 2.25 bits per heavy atom. The molecule has 0 bridgehead atoms. The fourth-order valence-corrected chi connectivity index (χ4v) is 1.90. The van der Waals surface area contributed by atoms with Gasteiger partial charge < -0.3 is 14.6 Å². The number of benzene rings is 1. The third-order valence-corrected chi connectivity index (χ3v) is 3.04. The number of rotatable bonds is 6. The van der Waals surface area contributed by atoms with Gasteiger partial charge in [-0.1, -0.05) is 12.1 Å². The van der Waals surface area contributed by atoms with E-state index in [1.54, 1.807) is 13.2 Å². The van der Waals surface area contributed by atoms with Gasteiger partial charge in [-0.15, -0.1) is 0 Å². The molecule has 0 aliphatic heterocycles. The zero-order chi connectivity index (χ0) is 14.5. The normalized spacial score (nSPS) is 12.4. The standard InChI is InChI=1S/C14H18FN3O2/c1-4-14-17-13(18-20-14)8-16-9(2)11-7-10(15)5-6-12(11)19-3/h5-7,9,16H,4,8H2,1-3H3/t9-/m1/s1. The van der Waals surface area contributed by atoms with Crippen molar-refractivity contribution >= 4 is 0 Å². The van der Waals surface area contributed by atoms with Crippen LogP contribution in [0, 0.1) is 5.82 Å². The molecule has 1 aromatic carbocycles. The molecule has 5 nitrogen and oxygen atoms in total. The summed E-state index contributed by atoms with van der Waals surface area (Å²) in [4.78, 5) is 4.21. The highest BCUT2D eigenvalue weighted by Crippen LogP contribution is 2.25. The average molecular weight is 279 g/mol. The van der Waals surface area contributed by atoms with E-state index < -0.39 is 0 Å². The zero-order valence-electron chi connectivity index (χ0n) is 11.8. The van der Waals surface area contributed by atoms with Gasteiger partial charge in [0, 0.05) is 18.0 Å². The summed E-state index contributed by atoms with van der Waals surface area (Å²) in [5.41, 5.74) is 0.756. The molecular weight excluding hydrogens is 261 g/mol. The van der Waals surface area contributed by atoms with Crippen LogP contribution in [-0.4, -0.2) is 17.3 Å². The molecule has 0 spiro atoms. The Morgan fingerprint density at radius 3 is 2.90 bits per heavy atom. The number of halogens is 1. The van der Waals surface area contributed by atoms with Crippen molar-refractivity contribution in [3.63, 3.8) is 0 Å². The van der Waals surface area contributed by atoms with Gasteiger partial charge in [-0.3, -0.25) is 0 Å². The molecule has 1 atom stereocenters. The highest BCUT2D eigenvalue weighted by molar-refractivity contribution is 5.36. The first-order valence-corrected chi connectivity index (χ1v) is 6.52. The second-order valence-electron chi connectivity index (χ2n) is 4.45. The Labute approximate surface area is 117 Å². The molecule has 0 aliphatic rings. The van der Waals surface area contributed by atoms with Crippen LogP contribution < -0.4 is 10.1 Å². The molecule has 0 fully saturated rings. The fourth-order valence-electron chi connectivity index (χ4n) is 1.90. The summed E-state index contributed by atoms with van der Waals surface area (Å²) in [6, 6.07) is 4.36. The molecule has 0 unspecified atom stereocenters. The Hall–Kier alpha value is -1.95. The van der Waals surface area contributed by atoms with Crippen molar-refractivity contribution in [2.45, 2.75) is 32.9 Å². The predicted molar refractivity (Wildman–Crippen MR) is 71.9 cm³/mol. The Morgan fingerprint density at radius 1 is 1.45 bits per heavy atom. The minimum Gasteiger partial charge on any atom is -0.496 e. The summed E-state index contributed by atoms with van der Waals surface area (Å²) < 4.78 is 23.6. The summed E-state index contributed by atoms with van der Waals surface area (Å²) in [6.07, 6.45) is 0.709. The second kappa shape index (κ2) is 6.47. The molecule has 0 saturated heterocycles. The maximum atomic E-state index is 13.3. The molecular formula is C14H18FN3O2. The SMILES string of the molecule is CCc1nc(CN[C@H](C)c2cc(F)ccc2OC)no1. The summed E-state index contributed by atoms with van der Waals surface area (Å²) in [5, 5.41) is 7.08. The van der Waals surface area contributed by atoms with Crippen LogP contribution in [0.5, 0.6) is 5.75 Å². The van der Waals surface area contributed by atoms with Crippen LogP contribution in [0.2, 0.25) is 0 Å². The van der Waals surface area contributed by atoms with E-state index in [9.17, 15) is 4.39 Å². The molecule has 1 aromatic heterocycles. The van der Waals surface area contributed by atoms with Gasteiger partial charge in [0.05, 0.1) is 13.7 Å². The number of hydrogen-bond acceptors (Lipinski definition) is 5. The lowest BCUT2D eigenvalue weighted by Crippen LogP contribution is -2.19. The van der Waals surface area contributed by atoms with Gasteiger partial charge in [-0.25, -0.2) is 4.39 Å². The molecule has 2 rings (SSSR count). The first kappa shape index (κ1) is 14.5. The summed E-state index contributed by atoms with van der Waals surface area (Å²) >= 11 is 0. The maximum absolute atomic E-state index is 13.3. The Bertz CT molecular complexity index is 571. The lowest BCUT2D eigenvalue weighted by atomic mass is 10.1. The number of nitrogens with zero attached hydrogens (tertiary/aromatic N) is 2. The van der Waals surface area contributed by atoms with Gasteiger partial charge in [-0.2, -0.15) is 4.98 Å². The molecule has 20 heavy (non-hydrogen) atoms. The predicted octanol–water partition coefficient (Wildman–Crippen LogP) is 2.63. The highest BCUT2D eigenvalue weighted by Gasteiger charge is 2.13. The first-order chi connectivity index (χ1) is 9.63. The van der Waals surface area contributed by atoms with Gasteiger partial charge in [-0.05, 0) is 25.1 Å². The van der Waals surface area contributed by atoms with Crippen LogP contribution in [0.4, 0.5) is 4.39 Å². The molecule has 0 aliphatic carbocycles. The fraction of sp³-hybridized carbons (Fsp3) is 0.429. The Balaban J connectivity index is 2.04.